The fraction of sp³-hybridized carbons (Fsp3) is 0.462. The van der Waals surface area contributed by atoms with Crippen LogP contribution < -0.4 is 19.7 Å². The quantitative estimate of drug-likeness (QED) is 0.643. The molecule has 0 saturated carbocycles. The number of carbonyl (C=O) groups excluding carboxylic acids is 2. The third-order valence-corrected chi connectivity index (χ3v) is 6.33. The standard InChI is InChI=1S/C26H34N2O4/c1-6-19(7-2)27-26(30)21-13-15-24(29)28(20-11-8-17(3)9-12-20)25(21)18-10-14-22(31-4)23(16-18)32-5/h8-12,14,16,19,21,25H,6-7,13,15H2,1-5H3,(H,27,30). The number of benzene rings is 2. The van der Waals surface area contributed by atoms with Crippen LogP contribution in [0.1, 0.15) is 56.7 Å². The van der Waals surface area contributed by atoms with Crippen molar-refractivity contribution in [2.75, 3.05) is 19.1 Å². The summed E-state index contributed by atoms with van der Waals surface area (Å²) >= 11 is 0. The van der Waals surface area contributed by atoms with Crippen LogP contribution in [0.3, 0.4) is 0 Å². The maximum Gasteiger partial charge on any atom is 0.227 e. The van der Waals surface area contributed by atoms with Crippen molar-refractivity contribution in [2.24, 2.45) is 5.92 Å². The van der Waals surface area contributed by atoms with Crippen LogP contribution in [0.5, 0.6) is 11.5 Å². The highest BCUT2D eigenvalue weighted by atomic mass is 16.5. The molecular weight excluding hydrogens is 404 g/mol. The van der Waals surface area contributed by atoms with E-state index in [9.17, 15) is 9.59 Å². The van der Waals surface area contributed by atoms with Crippen molar-refractivity contribution in [3.05, 3.63) is 53.6 Å². The molecule has 6 heteroatoms. The zero-order chi connectivity index (χ0) is 23.3. The van der Waals surface area contributed by atoms with E-state index in [1.807, 2.05) is 49.4 Å². The minimum atomic E-state index is -0.437. The molecule has 0 aromatic heterocycles. The first kappa shape index (κ1) is 23.6. The van der Waals surface area contributed by atoms with Crippen LogP contribution >= 0.6 is 0 Å². The molecule has 6 nitrogen and oxygen atoms in total. The van der Waals surface area contributed by atoms with Gasteiger partial charge in [0.05, 0.1) is 26.2 Å². The van der Waals surface area contributed by atoms with Crippen LogP contribution in [-0.4, -0.2) is 32.1 Å². The molecule has 2 atom stereocenters. The van der Waals surface area contributed by atoms with Crippen LogP contribution in [0.4, 0.5) is 5.69 Å². The smallest absolute Gasteiger partial charge is 0.227 e. The fourth-order valence-electron chi connectivity index (χ4n) is 4.40. The van der Waals surface area contributed by atoms with Crippen molar-refractivity contribution >= 4 is 17.5 Å². The van der Waals surface area contributed by atoms with E-state index in [1.54, 1.807) is 19.1 Å². The highest BCUT2D eigenvalue weighted by molar-refractivity contribution is 5.97. The largest absolute Gasteiger partial charge is 0.493 e. The molecular formula is C26H34N2O4. The summed E-state index contributed by atoms with van der Waals surface area (Å²) in [7, 11) is 3.18. The third kappa shape index (κ3) is 4.90. The van der Waals surface area contributed by atoms with E-state index in [0.717, 1.165) is 29.7 Å². The van der Waals surface area contributed by atoms with Gasteiger partial charge in [0.25, 0.3) is 0 Å². The number of amides is 2. The summed E-state index contributed by atoms with van der Waals surface area (Å²) in [4.78, 5) is 28.4. The van der Waals surface area contributed by atoms with Gasteiger partial charge in [-0.2, -0.15) is 0 Å². The van der Waals surface area contributed by atoms with Gasteiger partial charge in [0.15, 0.2) is 11.5 Å². The lowest BCUT2D eigenvalue weighted by molar-refractivity contribution is -0.129. The second-order valence-electron chi connectivity index (χ2n) is 8.33. The zero-order valence-corrected chi connectivity index (χ0v) is 19.7. The van der Waals surface area contributed by atoms with Gasteiger partial charge in [-0.15, -0.1) is 0 Å². The number of nitrogens with one attached hydrogen (secondary N) is 1. The minimum Gasteiger partial charge on any atom is -0.493 e. The molecule has 2 amide bonds. The first-order chi connectivity index (χ1) is 15.4. The van der Waals surface area contributed by atoms with Crippen molar-refractivity contribution in [1.82, 2.24) is 5.32 Å². The second-order valence-corrected chi connectivity index (χ2v) is 8.33. The second kappa shape index (κ2) is 10.5. The summed E-state index contributed by atoms with van der Waals surface area (Å²) in [5, 5.41) is 3.20. The highest BCUT2D eigenvalue weighted by Gasteiger charge is 2.42. The summed E-state index contributed by atoms with van der Waals surface area (Å²) in [5.74, 6) is 0.820. The molecule has 2 aromatic rings. The van der Waals surface area contributed by atoms with Crippen LogP contribution in [0.25, 0.3) is 0 Å². The lowest BCUT2D eigenvalue weighted by atomic mass is 9.82. The lowest BCUT2D eigenvalue weighted by Crippen LogP contribution is -2.50. The zero-order valence-electron chi connectivity index (χ0n) is 19.7. The molecule has 1 heterocycles. The summed E-state index contributed by atoms with van der Waals surface area (Å²) in [6.45, 7) is 6.16. The van der Waals surface area contributed by atoms with Gasteiger partial charge in [0, 0.05) is 18.2 Å². The van der Waals surface area contributed by atoms with E-state index in [1.165, 1.54) is 0 Å². The van der Waals surface area contributed by atoms with Crippen molar-refractivity contribution in [3.63, 3.8) is 0 Å². The molecule has 0 spiro atoms. The first-order valence-electron chi connectivity index (χ1n) is 11.3. The Hall–Kier alpha value is -3.02. The molecule has 1 N–H and O–H groups in total. The molecule has 1 aliphatic rings. The SMILES string of the molecule is CCC(CC)NC(=O)C1CCC(=O)N(c2ccc(C)cc2)C1c1ccc(OC)c(OC)c1. The average molecular weight is 439 g/mol. The number of anilines is 1. The van der Waals surface area contributed by atoms with E-state index in [2.05, 4.69) is 19.2 Å². The van der Waals surface area contributed by atoms with E-state index in [0.29, 0.717) is 24.3 Å². The maximum atomic E-state index is 13.4. The number of methoxy groups -OCH3 is 2. The molecule has 2 unspecified atom stereocenters. The molecule has 1 saturated heterocycles. The van der Waals surface area contributed by atoms with Crippen LogP contribution in [0.15, 0.2) is 42.5 Å². The Bertz CT molecular complexity index is 937. The molecule has 0 bridgehead atoms. The van der Waals surface area contributed by atoms with E-state index in [4.69, 9.17) is 9.47 Å². The summed E-state index contributed by atoms with van der Waals surface area (Å²) < 4.78 is 10.9. The van der Waals surface area contributed by atoms with Gasteiger partial charge in [0.1, 0.15) is 0 Å². The third-order valence-electron chi connectivity index (χ3n) is 6.33. The van der Waals surface area contributed by atoms with Gasteiger partial charge in [-0.3, -0.25) is 9.59 Å². The van der Waals surface area contributed by atoms with Crippen LogP contribution in [0.2, 0.25) is 0 Å². The molecule has 3 rings (SSSR count). The van der Waals surface area contributed by atoms with Gasteiger partial charge < -0.3 is 19.7 Å². The lowest BCUT2D eigenvalue weighted by Gasteiger charge is -2.41. The van der Waals surface area contributed by atoms with Crippen molar-refractivity contribution < 1.29 is 19.1 Å². The highest BCUT2D eigenvalue weighted by Crippen LogP contribution is 2.42. The number of carbonyl (C=O) groups is 2. The number of hydrogen-bond donors (Lipinski definition) is 1. The Morgan fingerprint density at radius 3 is 2.31 bits per heavy atom. The monoisotopic (exact) mass is 438 g/mol. The Morgan fingerprint density at radius 2 is 1.72 bits per heavy atom. The molecule has 2 aromatic carbocycles. The average Bonchev–Trinajstić information content (AvgIpc) is 2.82. The Kier molecular flexibility index (Phi) is 7.78. The van der Waals surface area contributed by atoms with E-state index >= 15 is 0 Å². The number of aryl methyl sites for hydroxylation is 1. The molecule has 1 aliphatic heterocycles. The molecule has 0 aliphatic carbocycles. The number of hydrogen-bond acceptors (Lipinski definition) is 4. The van der Waals surface area contributed by atoms with Crippen LogP contribution in [-0.2, 0) is 9.59 Å². The first-order valence-corrected chi connectivity index (χ1v) is 11.3. The minimum absolute atomic E-state index is 0.0110. The molecule has 32 heavy (non-hydrogen) atoms. The Balaban J connectivity index is 2.09. The van der Waals surface area contributed by atoms with Crippen molar-refractivity contribution in [1.29, 1.82) is 0 Å². The van der Waals surface area contributed by atoms with E-state index in [-0.39, 0.29) is 23.8 Å². The van der Waals surface area contributed by atoms with Crippen molar-refractivity contribution in [3.8, 4) is 11.5 Å². The number of piperidine rings is 1. The molecule has 0 radical (unpaired) electrons. The molecule has 1 fully saturated rings. The molecule has 172 valence electrons. The van der Waals surface area contributed by atoms with Crippen molar-refractivity contribution in [2.45, 2.75) is 58.5 Å². The normalized spacial score (nSPS) is 18.6. The fourth-order valence-corrected chi connectivity index (χ4v) is 4.40. The van der Waals surface area contributed by atoms with Gasteiger partial charge in [-0.25, -0.2) is 0 Å². The topological polar surface area (TPSA) is 67.9 Å². The summed E-state index contributed by atoms with van der Waals surface area (Å²) in [5.41, 5.74) is 2.75. The van der Waals surface area contributed by atoms with Crippen LogP contribution in [0, 0.1) is 12.8 Å². The number of nitrogens with zero attached hydrogens (tertiary/aromatic N) is 1. The van der Waals surface area contributed by atoms with Gasteiger partial charge >= 0.3 is 0 Å². The Labute approximate surface area is 190 Å². The summed E-state index contributed by atoms with van der Waals surface area (Å²) in [6, 6.07) is 13.2. The van der Waals surface area contributed by atoms with E-state index < -0.39 is 6.04 Å². The summed E-state index contributed by atoms with van der Waals surface area (Å²) in [6.07, 6.45) is 2.58. The predicted molar refractivity (Wildman–Crippen MR) is 126 cm³/mol. The van der Waals surface area contributed by atoms with Gasteiger partial charge in [-0.1, -0.05) is 37.6 Å². The maximum absolute atomic E-state index is 13.4. The van der Waals surface area contributed by atoms with Gasteiger partial charge in [0.2, 0.25) is 11.8 Å². The van der Waals surface area contributed by atoms with Gasteiger partial charge in [-0.05, 0) is 56.0 Å². The predicted octanol–water partition coefficient (Wildman–Crippen LogP) is 4.80. The number of ether oxygens (including phenoxy) is 2. The number of rotatable bonds is 8. The Morgan fingerprint density at radius 1 is 1.06 bits per heavy atom.